The van der Waals surface area contributed by atoms with Crippen molar-refractivity contribution in [2.45, 2.75) is 39.7 Å². The minimum Gasteiger partial charge on any atom is -0.343 e. The van der Waals surface area contributed by atoms with E-state index in [1.807, 2.05) is 38.1 Å². The van der Waals surface area contributed by atoms with Crippen molar-refractivity contribution in [3.63, 3.8) is 0 Å². The van der Waals surface area contributed by atoms with Crippen LogP contribution in [0.2, 0.25) is 0 Å². The van der Waals surface area contributed by atoms with Gasteiger partial charge in [-0.3, -0.25) is 19.1 Å². The Balaban J connectivity index is 1.93. The lowest BCUT2D eigenvalue weighted by Gasteiger charge is -2.40. The Morgan fingerprint density at radius 3 is 2.75 bits per heavy atom. The highest BCUT2D eigenvalue weighted by atomic mass is 16.2. The Morgan fingerprint density at radius 1 is 1.29 bits per heavy atom. The van der Waals surface area contributed by atoms with Crippen LogP contribution in [-0.4, -0.2) is 58.8 Å². The first-order valence-electron chi connectivity index (χ1n) is 12.1. The number of likely N-dealkylation sites (N-methyl/N-ethyl adjacent to an activating group) is 1. The molecule has 0 fully saturated rings. The van der Waals surface area contributed by atoms with Gasteiger partial charge in [0.05, 0.1) is 12.8 Å². The normalized spacial score (nSPS) is 23.9. The van der Waals surface area contributed by atoms with Gasteiger partial charge in [0.15, 0.2) is 0 Å². The summed E-state index contributed by atoms with van der Waals surface area (Å²) < 4.78 is 34.6. The number of benzene rings is 1. The predicted molar refractivity (Wildman–Crippen MR) is 112 cm³/mol. The molecule has 5 nitrogen and oxygen atoms in total. The molecule has 148 valence electrons. The van der Waals surface area contributed by atoms with Gasteiger partial charge in [0.1, 0.15) is 0 Å². The number of carbonyl (C=O) groups excluding carboxylic acids is 2. The monoisotopic (exact) mass is 383 g/mol. The molecule has 2 heterocycles. The van der Waals surface area contributed by atoms with Crippen molar-refractivity contribution in [1.29, 1.82) is 0 Å². The van der Waals surface area contributed by atoms with E-state index >= 15 is 0 Å². The second kappa shape index (κ2) is 7.21. The highest BCUT2D eigenvalue weighted by Gasteiger charge is 2.37. The van der Waals surface area contributed by atoms with Gasteiger partial charge in [-0.25, -0.2) is 0 Å². The van der Waals surface area contributed by atoms with Crippen LogP contribution in [0.25, 0.3) is 16.5 Å². The Morgan fingerprint density at radius 2 is 2.07 bits per heavy atom. The second-order valence-electron chi connectivity index (χ2n) is 7.48. The van der Waals surface area contributed by atoms with E-state index in [0.717, 1.165) is 16.5 Å². The maximum Gasteiger partial charge on any atom is 0.230 e. The molecule has 0 bridgehead atoms. The highest BCUT2D eigenvalue weighted by Crippen LogP contribution is 2.41. The number of fused-ring (bicyclic) bond motifs is 2. The fourth-order valence-corrected chi connectivity index (χ4v) is 4.53. The molecule has 4 rings (SSSR count). The molecular weight excluding hydrogens is 350 g/mol. The zero-order chi connectivity index (χ0) is 23.4. The van der Waals surface area contributed by atoms with Gasteiger partial charge in [0, 0.05) is 47.8 Å². The van der Waals surface area contributed by atoms with Crippen molar-refractivity contribution in [2.24, 2.45) is 5.92 Å². The van der Waals surface area contributed by atoms with E-state index in [4.69, 9.17) is 5.48 Å². The molecule has 2 aliphatic rings. The molecule has 1 aromatic carbocycles. The smallest absolute Gasteiger partial charge is 0.230 e. The van der Waals surface area contributed by atoms with Crippen LogP contribution in [0.5, 0.6) is 0 Å². The Kier molecular flexibility index (Phi) is 3.75. The molecule has 1 amide bonds. The molecule has 2 aromatic rings. The Hall–Kier alpha value is -2.40. The van der Waals surface area contributed by atoms with Gasteiger partial charge >= 0.3 is 0 Å². The maximum absolute atomic E-state index is 13.2. The van der Waals surface area contributed by atoms with Crippen LogP contribution in [-0.2, 0) is 11.2 Å². The number of hydrogen-bond donors (Lipinski definition) is 0. The Bertz CT molecular complexity index is 1110. The lowest BCUT2D eigenvalue weighted by atomic mass is 9.79. The summed E-state index contributed by atoms with van der Waals surface area (Å²) in [5.74, 6) is -0.800. The van der Waals surface area contributed by atoms with E-state index in [9.17, 15) is 9.59 Å². The standard InChI is InChI=1S/C23H29N3O2/c1-5-21(27)26-14-15-12-20-18(17-9-8-10-19(26)22(15)17)11-16(13-24(20)4)23(28)25(6-2)7-3/h8-11,14,16,20H,5-7,12-13H2,1-4H3/t16-,20-/m1/s1/i4D3,14D. The van der Waals surface area contributed by atoms with Crippen LogP contribution in [0.15, 0.2) is 30.4 Å². The lowest BCUT2D eigenvalue weighted by molar-refractivity contribution is -0.134. The number of amides is 1. The van der Waals surface area contributed by atoms with Crippen molar-refractivity contribution < 1.29 is 15.1 Å². The van der Waals surface area contributed by atoms with Crippen molar-refractivity contribution in [1.82, 2.24) is 14.4 Å². The summed E-state index contributed by atoms with van der Waals surface area (Å²) >= 11 is 0. The molecule has 1 aromatic heterocycles. The second-order valence-corrected chi connectivity index (χ2v) is 7.48. The molecule has 1 aliphatic heterocycles. The molecule has 5 heteroatoms. The number of hydrogen-bond acceptors (Lipinski definition) is 3. The molecule has 0 saturated carbocycles. The molecule has 0 N–H and O–H groups in total. The molecule has 0 saturated heterocycles. The number of carbonyl (C=O) groups is 2. The number of nitrogens with zero attached hydrogens (tertiary/aromatic N) is 3. The summed E-state index contributed by atoms with van der Waals surface area (Å²) in [7, 11) is 0. The van der Waals surface area contributed by atoms with E-state index in [1.165, 1.54) is 9.47 Å². The van der Waals surface area contributed by atoms with Gasteiger partial charge < -0.3 is 4.90 Å². The molecule has 1 aliphatic carbocycles. The summed E-state index contributed by atoms with van der Waals surface area (Å²) in [6.45, 7) is 4.44. The first kappa shape index (κ1) is 14.6. The van der Waals surface area contributed by atoms with Crippen molar-refractivity contribution in [3.05, 3.63) is 41.6 Å². The third kappa shape index (κ3) is 2.80. The number of aromatic nitrogens is 1. The average molecular weight is 384 g/mol. The summed E-state index contributed by atoms with van der Waals surface area (Å²) in [5.41, 5.74) is 2.99. The molecule has 2 atom stereocenters. The number of rotatable bonds is 4. The first-order chi connectivity index (χ1) is 15.1. The van der Waals surface area contributed by atoms with Gasteiger partial charge in [-0.2, -0.15) is 0 Å². The van der Waals surface area contributed by atoms with Crippen LogP contribution in [0.3, 0.4) is 0 Å². The zero-order valence-electron chi connectivity index (χ0n) is 20.7. The third-order valence-corrected chi connectivity index (χ3v) is 5.99. The van der Waals surface area contributed by atoms with Gasteiger partial charge in [0.2, 0.25) is 11.8 Å². The van der Waals surface area contributed by atoms with E-state index in [-0.39, 0.29) is 31.0 Å². The van der Waals surface area contributed by atoms with Gasteiger partial charge in [-0.1, -0.05) is 25.1 Å². The van der Waals surface area contributed by atoms with E-state index in [0.29, 0.717) is 30.6 Å². The predicted octanol–water partition coefficient (Wildman–Crippen LogP) is 3.43. The van der Waals surface area contributed by atoms with Crippen molar-refractivity contribution in [2.75, 3.05) is 26.6 Å². The van der Waals surface area contributed by atoms with E-state index in [1.54, 1.807) is 11.8 Å². The minimum absolute atomic E-state index is 0.0758. The van der Waals surface area contributed by atoms with Crippen molar-refractivity contribution >= 4 is 28.3 Å². The summed E-state index contributed by atoms with van der Waals surface area (Å²) in [5, 5.41) is 0.822. The highest BCUT2D eigenvalue weighted by molar-refractivity contribution is 6.03. The fourth-order valence-electron chi connectivity index (χ4n) is 4.53. The molecule has 0 unspecified atom stereocenters. The van der Waals surface area contributed by atoms with Gasteiger partial charge in [0.25, 0.3) is 0 Å². The fraction of sp³-hybridized carbons (Fsp3) is 0.478. The maximum atomic E-state index is 13.2. The Labute approximate surface area is 172 Å². The summed E-state index contributed by atoms with van der Waals surface area (Å²) in [6, 6.07) is 5.10. The average Bonchev–Trinajstić information content (AvgIpc) is 3.05. The molecule has 0 radical (unpaired) electrons. The quantitative estimate of drug-likeness (QED) is 0.813. The van der Waals surface area contributed by atoms with Crippen LogP contribution in [0, 0.1) is 5.92 Å². The lowest BCUT2D eigenvalue weighted by Crippen LogP contribution is -2.47. The van der Waals surface area contributed by atoms with Crippen molar-refractivity contribution in [3.8, 4) is 0 Å². The molecule has 28 heavy (non-hydrogen) atoms. The molecule has 0 spiro atoms. The first-order valence-corrected chi connectivity index (χ1v) is 10.1. The van der Waals surface area contributed by atoms with Crippen LogP contribution in [0.1, 0.15) is 48.6 Å². The largest absolute Gasteiger partial charge is 0.343 e. The van der Waals surface area contributed by atoms with E-state index in [2.05, 4.69) is 0 Å². The topological polar surface area (TPSA) is 45.6 Å². The summed E-state index contributed by atoms with van der Waals surface area (Å²) in [6.07, 6.45) is 2.65. The van der Waals surface area contributed by atoms with Crippen LogP contribution >= 0.6 is 0 Å². The SMILES string of the molecule is [2H]c1c2c3c(cccc3n1C(=O)CC)C1=C[C@@H](C(=O)N(CC)CC)CN(C([2H])([2H])[2H])[C@@H]1C2. The zero-order valence-corrected chi connectivity index (χ0v) is 16.7. The van der Waals surface area contributed by atoms with Crippen LogP contribution in [0.4, 0.5) is 0 Å². The summed E-state index contributed by atoms with van der Waals surface area (Å²) in [4.78, 5) is 28.9. The van der Waals surface area contributed by atoms with Gasteiger partial charge in [-0.15, -0.1) is 0 Å². The minimum atomic E-state index is -2.39. The third-order valence-electron chi connectivity index (χ3n) is 5.99. The molecular formula is C23H29N3O2. The van der Waals surface area contributed by atoms with Crippen LogP contribution < -0.4 is 0 Å². The van der Waals surface area contributed by atoms with E-state index < -0.39 is 18.9 Å². The van der Waals surface area contributed by atoms with Gasteiger partial charge in [-0.05, 0) is 50.0 Å².